The van der Waals surface area contributed by atoms with E-state index in [-0.39, 0.29) is 12.5 Å². The molecule has 0 atom stereocenters. The van der Waals surface area contributed by atoms with E-state index in [1.807, 2.05) is 12.1 Å². The van der Waals surface area contributed by atoms with E-state index in [0.29, 0.717) is 17.8 Å². The number of carbonyl (C=O) groups is 2. The van der Waals surface area contributed by atoms with Crippen LogP contribution in [0.4, 0.5) is 16.3 Å². The topological polar surface area (TPSA) is 100 Å². The fraction of sp³-hybridized carbons (Fsp3) is 0.350. The van der Waals surface area contributed by atoms with Crippen LogP contribution in [0, 0.1) is 0 Å². The third-order valence-corrected chi connectivity index (χ3v) is 4.57. The zero-order chi connectivity index (χ0) is 19.1. The van der Waals surface area contributed by atoms with Crippen LogP contribution in [0.25, 0.3) is 0 Å². The molecule has 2 heterocycles. The molecule has 142 valence electrons. The number of benzene rings is 1. The average Bonchev–Trinajstić information content (AvgIpc) is 2.68. The van der Waals surface area contributed by atoms with Crippen LogP contribution >= 0.6 is 0 Å². The molecule has 7 heteroatoms. The number of para-hydroxylation sites is 1. The Labute approximate surface area is 159 Å². The Morgan fingerprint density at radius 2 is 1.89 bits per heavy atom. The number of rotatable bonds is 6. The van der Waals surface area contributed by atoms with Crippen molar-refractivity contribution in [2.75, 3.05) is 23.3 Å². The van der Waals surface area contributed by atoms with Crippen molar-refractivity contribution in [1.29, 1.82) is 0 Å². The van der Waals surface area contributed by atoms with Crippen molar-refractivity contribution in [3.05, 3.63) is 53.7 Å². The maximum absolute atomic E-state index is 12.2. The quantitative estimate of drug-likeness (QED) is 0.730. The normalized spacial score (nSPS) is 13.9. The number of primary amides is 1. The van der Waals surface area contributed by atoms with Crippen molar-refractivity contribution in [2.24, 2.45) is 5.73 Å². The Morgan fingerprint density at radius 1 is 1.11 bits per heavy atom. The predicted octanol–water partition coefficient (Wildman–Crippen LogP) is 2.42. The average molecular weight is 367 g/mol. The summed E-state index contributed by atoms with van der Waals surface area (Å²) in [5.41, 5.74) is 7.52. The van der Waals surface area contributed by atoms with Gasteiger partial charge in [0.2, 0.25) is 5.91 Å². The summed E-state index contributed by atoms with van der Waals surface area (Å²) in [6.45, 7) is 2.45. The maximum Gasteiger partial charge on any atom is 0.319 e. The first-order chi connectivity index (χ1) is 13.1. The first-order valence-corrected chi connectivity index (χ1v) is 9.23. The molecule has 0 unspecified atom stereocenters. The number of hydrogen-bond donors (Lipinski definition) is 3. The molecule has 1 aromatic carbocycles. The van der Waals surface area contributed by atoms with Gasteiger partial charge in [0, 0.05) is 31.5 Å². The standard InChI is InChI=1S/C20H25N5O2/c21-18(26)13-16-6-2-3-7-17(16)24-20(27)23-14-15-8-9-22-19(12-15)25-10-4-1-5-11-25/h2-3,6-9,12H,1,4-5,10-11,13-14H2,(H2,21,26)(H2,23,24,27). The lowest BCUT2D eigenvalue weighted by molar-refractivity contribution is -0.117. The number of nitrogens with zero attached hydrogens (tertiary/aromatic N) is 2. The van der Waals surface area contributed by atoms with Crippen molar-refractivity contribution in [1.82, 2.24) is 10.3 Å². The molecule has 0 bridgehead atoms. The van der Waals surface area contributed by atoms with Crippen LogP contribution < -0.4 is 21.3 Å². The lowest BCUT2D eigenvalue weighted by Gasteiger charge is -2.27. The smallest absolute Gasteiger partial charge is 0.319 e. The lowest BCUT2D eigenvalue weighted by atomic mass is 10.1. The minimum absolute atomic E-state index is 0.0833. The number of amides is 3. The fourth-order valence-corrected chi connectivity index (χ4v) is 3.20. The second kappa shape index (κ2) is 9.02. The van der Waals surface area contributed by atoms with Crippen molar-refractivity contribution in [3.63, 3.8) is 0 Å². The van der Waals surface area contributed by atoms with Gasteiger partial charge in [0.05, 0.1) is 6.42 Å². The molecular formula is C20H25N5O2. The molecule has 0 aliphatic carbocycles. The van der Waals surface area contributed by atoms with Crippen molar-refractivity contribution in [2.45, 2.75) is 32.2 Å². The molecule has 3 rings (SSSR count). The Morgan fingerprint density at radius 3 is 2.67 bits per heavy atom. The molecular weight excluding hydrogens is 342 g/mol. The van der Waals surface area contributed by atoms with Crippen LogP contribution in [0.3, 0.4) is 0 Å². The molecule has 7 nitrogen and oxygen atoms in total. The minimum atomic E-state index is -0.438. The van der Waals surface area contributed by atoms with Gasteiger partial charge in [-0.2, -0.15) is 0 Å². The minimum Gasteiger partial charge on any atom is -0.369 e. The van der Waals surface area contributed by atoms with Crippen LogP contribution in [0.1, 0.15) is 30.4 Å². The molecule has 2 aromatic rings. The number of carbonyl (C=O) groups excluding carboxylic acids is 2. The van der Waals surface area contributed by atoms with E-state index in [0.717, 1.165) is 24.5 Å². The number of anilines is 2. The molecule has 1 aliphatic heterocycles. The number of piperidine rings is 1. The highest BCUT2D eigenvalue weighted by atomic mass is 16.2. The number of nitrogens with two attached hydrogens (primary N) is 1. The zero-order valence-corrected chi connectivity index (χ0v) is 15.3. The van der Waals surface area contributed by atoms with Gasteiger partial charge >= 0.3 is 6.03 Å². The fourth-order valence-electron chi connectivity index (χ4n) is 3.20. The summed E-state index contributed by atoms with van der Waals surface area (Å²) in [6, 6.07) is 10.7. The molecule has 1 saturated heterocycles. The largest absolute Gasteiger partial charge is 0.369 e. The Hall–Kier alpha value is -3.09. The molecule has 1 fully saturated rings. The number of pyridine rings is 1. The molecule has 27 heavy (non-hydrogen) atoms. The summed E-state index contributed by atoms with van der Waals surface area (Å²) in [5.74, 6) is 0.521. The zero-order valence-electron chi connectivity index (χ0n) is 15.3. The van der Waals surface area contributed by atoms with Crippen LogP contribution in [0.2, 0.25) is 0 Å². The summed E-state index contributed by atoms with van der Waals surface area (Å²) in [7, 11) is 0. The second-order valence-corrected chi connectivity index (χ2v) is 6.68. The molecule has 0 radical (unpaired) electrons. The van der Waals surface area contributed by atoms with Crippen LogP contribution in [-0.2, 0) is 17.8 Å². The Balaban J connectivity index is 1.57. The molecule has 1 aromatic heterocycles. The van der Waals surface area contributed by atoms with Crippen molar-refractivity contribution in [3.8, 4) is 0 Å². The maximum atomic E-state index is 12.2. The Kier molecular flexibility index (Phi) is 6.25. The third-order valence-electron chi connectivity index (χ3n) is 4.57. The predicted molar refractivity (Wildman–Crippen MR) is 105 cm³/mol. The van der Waals surface area contributed by atoms with Gasteiger partial charge in [-0.05, 0) is 48.6 Å². The van der Waals surface area contributed by atoms with E-state index in [9.17, 15) is 9.59 Å². The second-order valence-electron chi connectivity index (χ2n) is 6.68. The summed E-state index contributed by atoms with van der Waals surface area (Å²) in [6.07, 6.45) is 5.52. The summed E-state index contributed by atoms with van der Waals surface area (Å²) in [5, 5.41) is 5.63. The summed E-state index contributed by atoms with van der Waals surface area (Å²) in [4.78, 5) is 30.1. The molecule has 1 aliphatic rings. The van der Waals surface area contributed by atoms with Gasteiger partial charge in [-0.1, -0.05) is 18.2 Å². The number of urea groups is 1. The lowest BCUT2D eigenvalue weighted by Crippen LogP contribution is -2.31. The van der Waals surface area contributed by atoms with Gasteiger partial charge in [0.25, 0.3) is 0 Å². The number of hydrogen-bond acceptors (Lipinski definition) is 4. The first-order valence-electron chi connectivity index (χ1n) is 9.23. The monoisotopic (exact) mass is 367 g/mol. The van der Waals surface area contributed by atoms with E-state index >= 15 is 0 Å². The van der Waals surface area contributed by atoms with Gasteiger partial charge in [-0.15, -0.1) is 0 Å². The van der Waals surface area contributed by atoms with Crippen LogP contribution in [0.15, 0.2) is 42.6 Å². The van der Waals surface area contributed by atoms with E-state index in [1.165, 1.54) is 19.3 Å². The third kappa shape index (κ3) is 5.44. The highest BCUT2D eigenvalue weighted by molar-refractivity contribution is 5.91. The number of nitrogens with one attached hydrogen (secondary N) is 2. The van der Waals surface area contributed by atoms with E-state index in [4.69, 9.17) is 5.73 Å². The SMILES string of the molecule is NC(=O)Cc1ccccc1NC(=O)NCc1ccnc(N2CCCCC2)c1. The summed E-state index contributed by atoms with van der Waals surface area (Å²) >= 11 is 0. The summed E-state index contributed by atoms with van der Waals surface area (Å²) < 4.78 is 0. The van der Waals surface area contributed by atoms with E-state index < -0.39 is 5.91 Å². The molecule has 0 spiro atoms. The highest BCUT2D eigenvalue weighted by Gasteiger charge is 2.13. The molecule has 3 amide bonds. The van der Waals surface area contributed by atoms with Gasteiger partial charge in [0.1, 0.15) is 5.82 Å². The van der Waals surface area contributed by atoms with Crippen LogP contribution in [0.5, 0.6) is 0 Å². The van der Waals surface area contributed by atoms with Crippen molar-refractivity contribution < 1.29 is 9.59 Å². The van der Waals surface area contributed by atoms with Crippen LogP contribution in [-0.4, -0.2) is 30.0 Å². The van der Waals surface area contributed by atoms with Crippen molar-refractivity contribution >= 4 is 23.4 Å². The highest BCUT2D eigenvalue weighted by Crippen LogP contribution is 2.18. The molecule has 4 N–H and O–H groups in total. The van der Waals surface area contributed by atoms with Gasteiger partial charge in [0.15, 0.2) is 0 Å². The van der Waals surface area contributed by atoms with Gasteiger partial charge < -0.3 is 21.3 Å². The first kappa shape index (κ1) is 18.7. The Bertz CT molecular complexity index is 802. The van der Waals surface area contributed by atoms with Gasteiger partial charge in [-0.25, -0.2) is 9.78 Å². The molecule has 0 saturated carbocycles. The van der Waals surface area contributed by atoms with E-state index in [1.54, 1.807) is 30.5 Å². The van der Waals surface area contributed by atoms with E-state index in [2.05, 4.69) is 20.5 Å². The van der Waals surface area contributed by atoms with Gasteiger partial charge in [-0.3, -0.25) is 4.79 Å². The number of aromatic nitrogens is 1.